The van der Waals surface area contributed by atoms with Gasteiger partial charge in [-0.2, -0.15) is 4.52 Å². The van der Waals surface area contributed by atoms with Crippen LogP contribution in [0.5, 0.6) is 0 Å². The fourth-order valence-electron chi connectivity index (χ4n) is 4.84. The molecular weight excluding hydrogens is 412 g/mol. The molecule has 1 aliphatic heterocycles. The van der Waals surface area contributed by atoms with Crippen LogP contribution in [0.3, 0.4) is 0 Å². The summed E-state index contributed by atoms with van der Waals surface area (Å²) in [6.07, 6.45) is 3.33. The molecule has 0 saturated carbocycles. The van der Waals surface area contributed by atoms with Crippen molar-refractivity contribution in [1.29, 1.82) is 0 Å². The summed E-state index contributed by atoms with van der Waals surface area (Å²) in [4.78, 5) is 17.0. The summed E-state index contributed by atoms with van der Waals surface area (Å²) < 4.78 is 4.12. The highest BCUT2D eigenvalue weighted by molar-refractivity contribution is 5.92. The molecule has 2 aromatic carbocycles. The molecule has 168 valence electrons. The molecule has 8 nitrogen and oxygen atoms in total. The van der Waals surface area contributed by atoms with Gasteiger partial charge in [-0.05, 0) is 57.1 Å². The predicted molar refractivity (Wildman–Crippen MR) is 131 cm³/mol. The molecule has 8 heteroatoms. The number of nitrogens with one attached hydrogen (secondary N) is 1. The van der Waals surface area contributed by atoms with Gasteiger partial charge in [0.1, 0.15) is 5.82 Å². The van der Waals surface area contributed by atoms with Gasteiger partial charge < -0.3 is 14.8 Å². The Hall–Kier alpha value is -3.52. The fraction of sp³-hybridized carbons (Fsp3) is 0.360. The summed E-state index contributed by atoms with van der Waals surface area (Å²) in [5.41, 5.74) is 3.96. The second-order valence-corrected chi connectivity index (χ2v) is 8.74. The molecule has 0 unspecified atom stereocenters. The Morgan fingerprint density at radius 1 is 0.879 bits per heavy atom. The normalized spacial score (nSPS) is 14.7. The van der Waals surface area contributed by atoms with Crippen molar-refractivity contribution >= 4 is 33.5 Å². The van der Waals surface area contributed by atoms with Crippen molar-refractivity contribution in [2.45, 2.75) is 32.7 Å². The predicted octanol–water partition coefficient (Wildman–Crippen LogP) is 3.69. The molecule has 0 amide bonds. The summed E-state index contributed by atoms with van der Waals surface area (Å²) in [6.45, 7) is 7.08. The first-order chi connectivity index (χ1) is 16.3. The number of benzene rings is 2. The van der Waals surface area contributed by atoms with Gasteiger partial charge in [0, 0.05) is 31.4 Å². The number of likely N-dealkylation sites (tertiary alicyclic amines) is 1. The SMILES string of the molecule is Cc1nc2ccccc2n1CCc1nc2c3ccccc3nc(NCCN3CCCC3)n2n1. The summed E-state index contributed by atoms with van der Waals surface area (Å²) in [5.74, 6) is 2.58. The minimum atomic E-state index is 0.727. The van der Waals surface area contributed by atoms with Gasteiger partial charge in [0.15, 0.2) is 11.5 Å². The van der Waals surface area contributed by atoms with Crippen LogP contribution in [0.4, 0.5) is 5.95 Å². The van der Waals surface area contributed by atoms with Crippen LogP contribution in [0, 0.1) is 6.92 Å². The molecule has 6 rings (SSSR count). The molecule has 4 heterocycles. The summed E-state index contributed by atoms with van der Waals surface area (Å²) >= 11 is 0. The topological polar surface area (TPSA) is 76.2 Å². The van der Waals surface area contributed by atoms with Crippen LogP contribution >= 0.6 is 0 Å². The maximum Gasteiger partial charge on any atom is 0.226 e. The monoisotopic (exact) mass is 440 g/mol. The number of aryl methyl sites for hydroxylation is 3. The Kier molecular flexibility index (Phi) is 5.14. The quantitative estimate of drug-likeness (QED) is 0.416. The van der Waals surface area contributed by atoms with Crippen LogP contribution in [-0.4, -0.2) is 60.2 Å². The number of aromatic nitrogens is 6. The largest absolute Gasteiger partial charge is 0.353 e. The number of nitrogens with zero attached hydrogens (tertiary/aromatic N) is 7. The first kappa shape index (κ1) is 20.1. The molecule has 0 atom stereocenters. The third-order valence-electron chi connectivity index (χ3n) is 6.54. The molecule has 33 heavy (non-hydrogen) atoms. The van der Waals surface area contributed by atoms with Gasteiger partial charge in [-0.15, -0.1) is 5.10 Å². The number of anilines is 1. The molecule has 5 aromatic rings. The number of rotatable bonds is 7. The molecule has 1 saturated heterocycles. The number of fused-ring (bicyclic) bond motifs is 4. The molecule has 1 aliphatic rings. The van der Waals surface area contributed by atoms with Gasteiger partial charge in [-0.1, -0.05) is 24.3 Å². The zero-order valence-corrected chi connectivity index (χ0v) is 18.9. The van der Waals surface area contributed by atoms with Gasteiger partial charge >= 0.3 is 0 Å². The fourth-order valence-corrected chi connectivity index (χ4v) is 4.84. The number of para-hydroxylation sites is 3. The van der Waals surface area contributed by atoms with E-state index < -0.39 is 0 Å². The summed E-state index contributed by atoms with van der Waals surface area (Å²) in [7, 11) is 0. The van der Waals surface area contributed by atoms with Crippen LogP contribution in [-0.2, 0) is 13.0 Å². The van der Waals surface area contributed by atoms with Gasteiger partial charge in [0.05, 0.1) is 16.6 Å². The lowest BCUT2D eigenvalue weighted by Gasteiger charge is -2.15. The van der Waals surface area contributed by atoms with E-state index in [0.29, 0.717) is 0 Å². The van der Waals surface area contributed by atoms with Gasteiger partial charge in [-0.25, -0.2) is 15.0 Å². The maximum absolute atomic E-state index is 4.92. The Balaban J connectivity index is 1.30. The third kappa shape index (κ3) is 3.80. The average Bonchev–Trinajstić information content (AvgIpc) is 3.56. The van der Waals surface area contributed by atoms with E-state index in [4.69, 9.17) is 15.1 Å². The van der Waals surface area contributed by atoms with Crippen LogP contribution in [0.15, 0.2) is 48.5 Å². The molecular formula is C25H28N8. The third-order valence-corrected chi connectivity index (χ3v) is 6.54. The zero-order valence-electron chi connectivity index (χ0n) is 18.9. The molecule has 1 fully saturated rings. The molecule has 1 N–H and O–H groups in total. The molecule has 3 aromatic heterocycles. The smallest absolute Gasteiger partial charge is 0.226 e. The highest BCUT2D eigenvalue weighted by Gasteiger charge is 2.15. The van der Waals surface area contributed by atoms with E-state index in [1.165, 1.54) is 25.9 Å². The van der Waals surface area contributed by atoms with E-state index in [2.05, 4.69) is 51.0 Å². The van der Waals surface area contributed by atoms with Crippen LogP contribution < -0.4 is 5.32 Å². The lowest BCUT2D eigenvalue weighted by atomic mass is 10.2. The Bertz CT molecular complexity index is 1430. The van der Waals surface area contributed by atoms with Gasteiger partial charge in [-0.3, -0.25) is 0 Å². The highest BCUT2D eigenvalue weighted by atomic mass is 15.4. The molecule has 0 aliphatic carbocycles. The number of hydrogen-bond acceptors (Lipinski definition) is 6. The second-order valence-electron chi connectivity index (χ2n) is 8.74. The van der Waals surface area contributed by atoms with Crippen molar-refractivity contribution in [2.24, 2.45) is 0 Å². The van der Waals surface area contributed by atoms with Crippen LogP contribution in [0.25, 0.3) is 27.6 Å². The van der Waals surface area contributed by atoms with E-state index in [1.54, 1.807) is 0 Å². The van der Waals surface area contributed by atoms with E-state index in [1.807, 2.05) is 28.8 Å². The van der Waals surface area contributed by atoms with Gasteiger partial charge in [0.2, 0.25) is 5.95 Å². The summed E-state index contributed by atoms with van der Waals surface area (Å²) in [5, 5.41) is 9.39. The first-order valence-corrected chi connectivity index (χ1v) is 11.8. The number of hydrogen-bond donors (Lipinski definition) is 1. The van der Waals surface area contributed by atoms with E-state index in [9.17, 15) is 0 Å². The van der Waals surface area contributed by atoms with Crippen molar-refractivity contribution in [2.75, 3.05) is 31.5 Å². The molecule has 0 radical (unpaired) electrons. The van der Waals surface area contributed by atoms with Crippen molar-refractivity contribution in [3.8, 4) is 0 Å². The number of imidazole rings is 1. The Labute approximate surface area is 192 Å². The Morgan fingerprint density at radius 2 is 1.67 bits per heavy atom. The average molecular weight is 441 g/mol. The summed E-state index contributed by atoms with van der Waals surface area (Å²) in [6, 6.07) is 16.4. The van der Waals surface area contributed by atoms with E-state index in [-0.39, 0.29) is 0 Å². The highest BCUT2D eigenvalue weighted by Crippen LogP contribution is 2.21. The molecule has 0 spiro atoms. The maximum atomic E-state index is 4.92. The van der Waals surface area contributed by atoms with Crippen molar-refractivity contribution in [3.63, 3.8) is 0 Å². The minimum absolute atomic E-state index is 0.727. The van der Waals surface area contributed by atoms with E-state index >= 15 is 0 Å². The van der Waals surface area contributed by atoms with Crippen LogP contribution in [0.1, 0.15) is 24.5 Å². The standard InChI is InChI=1S/C25H28N8/c1-18-27-21-10-4-5-11-22(21)32(18)16-12-23-29-24-19-8-2-3-9-20(19)28-25(33(24)30-23)26-13-17-31-14-6-7-15-31/h2-5,8-11H,6-7,12-17H2,1H3,(H,26,28). The minimum Gasteiger partial charge on any atom is -0.353 e. The first-order valence-electron chi connectivity index (χ1n) is 11.8. The van der Waals surface area contributed by atoms with Crippen molar-refractivity contribution in [3.05, 3.63) is 60.2 Å². The van der Waals surface area contributed by atoms with Crippen LogP contribution in [0.2, 0.25) is 0 Å². The molecule has 0 bridgehead atoms. The zero-order chi connectivity index (χ0) is 22.2. The second kappa shape index (κ2) is 8.44. The van der Waals surface area contributed by atoms with Crippen molar-refractivity contribution in [1.82, 2.24) is 34.0 Å². The van der Waals surface area contributed by atoms with Crippen molar-refractivity contribution < 1.29 is 0 Å². The lowest BCUT2D eigenvalue weighted by molar-refractivity contribution is 0.352. The lowest BCUT2D eigenvalue weighted by Crippen LogP contribution is -2.26. The van der Waals surface area contributed by atoms with Gasteiger partial charge in [0.25, 0.3) is 0 Å². The van der Waals surface area contributed by atoms with E-state index in [0.717, 1.165) is 71.2 Å². The Morgan fingerprint density at radius 3 is 2.55 bits per heavy atom.